The largest absolute Gasteiger partial charge is 0.473 e. The molecule has 2 unspecified atom stereocenters. The van der Waals surface area contributed by atoms with Crippen molar-refractivity contribution in [3.8, 4) is 11.9 Å². The van der Waals surface area contributed by atoms with Gasteiger partial charge in [0.05, 0.1) is 23.7 Å². The number of nitrogens with zero attached hydrogens (tertiary/aromatic N) is 4. The molecule has 1 saturated carbocycles. The van der Waals surface area contributed by atoms with E-state index in [9.17, 15) is 9.18 Å². The molecular weight excluding hydrogens is 399 g/mol. The number of hydrogen-bond donors (Lipinski definition) is 0. The molecule has 4 rings (SSSR count). The second-order valence-corrected chi connectivity index (χ2v) is 8.78. The van der Waals surface area contributed by atoms with E-state index in [2.05, 4.69) is 9.88 Å². The van der Waals surface area contributed by atoms with Crippen molar-refractivity contribution in [2.24, 2.45) is 0 Å². The molecule has 2 fully saturated rings. The summed E-state index contributed by atoms with van der Waals surface area (Å²) in [5.41, 5.74) is 0.116. The number of fused-ring (bicyclic) bond motifs is 1. The van der Waals surface area contributed by atoms with E-state index in [1.807, 2.05) is 39.0 Å². The van der Waals surface area contributed by atoms with Crippen LogP contribution < -0.4 is 9.64 Å². The zero-order chi connectivity index (χ0) is 22.2. The van der Waals surface area contributed by atoms with Crippen molar-refractivity contribution in [2.75, 3.05) is 18.0 Å². The van der Waals surface area contributed by atoms with Gasteiger partial charge in [-0.15, -0.1) is 0 Å². The van der Waals surface area contributed by atoms with Crippen LogP contribution in [0.5, 0.6) is 5.88 Å². The summed E-state index contributed by atoms with van der Waals surface area (Å²) >= 11 is 0. The van der Waals surface area contributed by atoms with Gasteiger partial charge in [-0.25, -0.2) is 9.18 Å². The monoisotopic (exact) mass is 424 g/mol. The average Bonchev–Trinajstić information content (AvgIpc) is 3.51. The van der Waals surface area contributed by atoms with Crippen LogP contribution in [0.3, 0.4) is 0 Å². The van der Waals surface area contributed by atoms with E-state index < -0.39 is 11.4 Å². The predicted molar refractivity (Wildman–Crippen MR) is 112 cm³/mol. The van der Waals surface area contributed by atoms with Crippen LogP contribution >= 0.6 is 0 Å². The molecule has 0 N–H and O–H groups in total. The summed E-state index contributed by atoms with van der Waals surface area (Å²) in [7, 11) is 0. The first-order valence-corrected chi connectivity index (χ1v) is 10.3. The van der Waals surface area contributed by atoms with E-state index in [1.54, 1.807) is 23.1 Å². The standard InChI is InChI=1S/C23H25FN4O3/c1-23(2,3)31-22(29)28-10-9-27(18-12-19(18)28)20-5-4-6-21(26-20)30-14-16-8-7-15(13-25)11-17(16)24/h4-8,11,18-19H,9-10,12,14H2,1-3H3. The Morgan fingerprint density at radius 1 is 1.26 bits per heavy atom. The first-order valence-electron chi connectivity index (χ1n) is 10.3. The molecule has 2 heterocycles. The Bertz CT molecular complexity index is 1030. The summed E-state index contributed by atoms with van der Waals surface area (Å²) in [4.78, 5) is 21.0. The number of benzene rings is 1. The van der Waals surface area contributed by atoms with Gasteiger partial charge in [0.2, 0.25) is 5.88 Å². The second kappa shape index (κ2) is 8.06. The number of aromatic nitrogens is 1. The van der Waals surface area contributed by atoms with Crippen LogP contribution in [-0.4, -0.2) is 46.8 Å². The van der Waals surface area contributed by atoms with Gasteiger partial charge < -0.3 is 19.3 Å². The van der Waals surface area contributed by atoms with Crippen molar-refractivity contribution in [3.05, 3.63) is 53.3 Å². The maximum Gasteiger partial charge on any atom is 0.410 e. The maximum absolute atomic E-state index is 14.1. The number of pyridine rings is 1. The Morgan fingerprint density at radius 3 is 2.77 bits per heavy atom. The Hall–Kier alpha value is -3.34. The Morgan fingerprint density at radius 2 is 2.06 bits per heavy atom. The molecule has 2 aromatic rings. The minimum atomic E-state index is -0.514. The highest BCUT2D eigenvalue weighted by molar-refractivity contribution is 5.70. The smallest absolute Gasteiger partial charge is 0.410 e. The van der Waals surface area contributed by atoms with Gasteiger partial charge in [-0.1, -0.05) is 12.1 Å². The van der Waals surface area contributed by atoms with Gasteiger partial charge in [0.25, 0.3) is 0 Å². The molecular formula is C23H25FN4O3. The number of carbonyl (C=O) groups is 1. The molecule has 1 amide bonds. The van der Waals surface area contributed by atoms with Crippen LogP contribution in [0.4, 0.5) is 15.0 Å². The lowest BCUT2D eigenvalue weighted by atomic mass is 10.1. The van der Waals surface area contributed by atoms with E-state index in [0.29, 0.717) is 24.5 Å². The number of nitriles is 1. The van der Waals surface area contributed by atoms with Crippen molar-refractivity contribution >= 4 is 11.9 Å². The van der Waals surface area contributed by atoms with Crippen LogP contribution in [0.15, 0.2) is 36.4 Å². The van der Waals surface area contributed by atoms with Gasteiger partial charge >= 0.3 is 6.09 Å². The number of halogens is 1. The average molecular weight is 424 g/mol. The van der Waals surface area contributed by atoms with E-state index in [0.717, 1.165) is 12.2 Å². The minimum absolute atomic E-state index is 0.0203. The first kappa shape index (κ1) is 20.9. The van der Waals surface area contributed by atoms with Gasteiger partial charge in [0, 0.05) is 24.7 Å². The lowest BCUT2D eigenvalue weighted by Gasteiger charge is -2.35. The lowest BCUT2D eigenvalue weighted by molar-refractivity contribution is 0.0218. The molecule has 162 valence electrons. The number of hydrogen-bond acceptors (Lipinski definition) is 6. The molecule has 2 aliphatic rings. The second-order valence-electron chi connectivity index (χ2n) is 8.78. The summed E-state index contributed by atoms with van der Waals surface area (Å²) in [6, 6.07) is 12.0. The maximum atomic E-state index is 14.1. The van der Waals surface area contributed by atoms with Gasteiger partial charge in [0.1, 0.15) is 23.8 Å². The Labute approximate surface area is 181 Å². The van der Waals surface area contributed by atoms with E-state index in [-0.39, 0.29) is 30.3 Å². The van der Waals surface area contributed by atoms with Gasteiger partial charge in [-0.05, 0) is 45.4 Å². The molecule has 1 saturated heterocycles. The normalized spacial score (nSPS) is 20.0. The zero-order valence-corrected chi connectivity index (χ0v) is 17.8. The molecule has 1 aliphatic heterocycles. The SMILES string of the molecule is CC(C)(C)OC(=O)N1CCN(c2cccc(OCc3ccc(C#N)cc3F)n2)C2CC21. The first-order chi connectivity index (χ1) is 14.7. The summed E-state index contributed by atoms with van der Waals surface area (Å²) < 4.78 is 25.3. The number of anilines is 1. The highest BCUT2D eigenvalue weighted by atomic mass is 19.1. The molecule has 7 nitrogen and oxygen atoms in total. The summed E-state index contributed by atoms with van der Waals surface area (Å²) in [6.07, 6.45) is 0.608. The lowest BCUT2D eigenvalue weighted by Crippen LogP contribution is -2.50. The summed E-state index contributed by atoms with van der Waals surface area (Å²) in [5.74, 6) is 0.691. The molecule has 31 heavy (non-hydrogen) atoms. The number of piperazine rings is 1. The van der Waals surface area contributed by atoms with Crippen molar-refractivity contribution in [1.82, 2.24) is 9.88 Å². The van der Waals surface area contributed by atoms with Crippen LogP contribution in [0, 0.1) is 17.1 Å². The fourth-order valence-electron chi connectivity index (χ4n) is 3.75. The van der Waals surface area contributed by atoms with Crippen molar-refractivity contribution in [2.45, 2.75) is 51.5 Å². The summed E-state index contributed by atoms with van der Waals surface area (Å²) in [5, 5.41) is 8.85. The minimum Gasteiger partial charge on any atom is -0.473 e. The Kier molecular flexibility index (Phi) is 5.44. The third-order valence-electron chi connectivity index (χ3n) is 5.30. The zero-order valence-electron chi connectivity index (χ0n) is 17.8. The third kappa shape index (κ3) is 4.71. The van der Waals surface area contributed by atoms with E-state index >= 15 is 0 Å². The molecule has 2 atom stereocenters. The van der Waals surface area contributed by atoms with Crippen molar-refractivity contribution < 1.29 is 18.7 Å². The molecule has 1 aromatic carbocycles. The van der Waals surface area contributed by atoms with E-state index in [1.165, 1.54) is 6.07 Å². The van der Waals surface area contributed by atoms with Gasteiger partial charge in [0.15, 0.2) is 0 Å². The topological polar surface area (TPSA) is 78.7 Å². The van der Waals surface area contributed by atoms with Crippen LogP contribution in [0.1, 0.15) is 38.3 Å². The molecule has 1 aliphatic carbocycles. The van der Waals surface area contributed by atoms with Gasteiger partial charge in [-0.3, -0.25) is 0 Å². The number of rotatable bonds is 4. The van der Waals surface area contributed by atoms with Gasteiger partial charge in [-0.2, -0.15) is 10.2 Å². The number of amides is 1. The quantitative estimate of drug-likeness (QED) is 0.741. The van der Waals surface area contributed by atoms with Crippen molar-refractivity contribution in [3.63, 3.8) is 0 Å². The molecule has 0 radical (unpaired) electrons. The molecule has 0 spiro atoms. The fourth-order valence-corrected chi connectivity index (χ4v) is 3.75. The van der Waals surface area contributed by atoms with Crippen LogP contribution in [0.25, 0.3) is 0 Å². The highest BCUT2D eigenvalue weighted by Crippen LogP contribution is 2.39. The van der Waals surface area contributed by atoms with E-state index in [4.69, 9.17) is 14.7 Å². The molecule has 1 aromatic heterocycles. The van der Waals surface area contributed by atoms with Crippen molar-refractivity contribution in [1.29, 1.82) is 5.26 Å². The third-order valence-corrected chi connectivity index (χ3v) is 5.30. The fraction of sp³-hybridized carbons (Fsp3) is 0.435. The molecule has 0 bridgehead atoms. The Balaban J connectivity index is 1.39. The van der Waals surface area contributed by atoms with Crippen LogP contribution in [0.2, 0.25) is 0 Å². The molecule has 8 heteroatoms. The predicted octanol–water partition coefficient (Wildman–Crippen LogP) is 3.87. The van der Waals surface area contributed by atoms with Crippen LogP contribution in [-0.2, 0) is 11.3 Å². The number of ether oxygens (including phenoxy) is 2. The highest BCUT2D eigenvalue weighted by Gasteiger charge is 2.52. The number of carbonyl (C=O) groups excluding carboxylic acids is 1. The summed E-state index contributed by atoms with van der Waals surface area (Å²) in [6.45, 7) is 6.84.